The monoisotopic (exact) mass is 571 g/mol. The van der Waals surface area contributed by atoms with Crippen LogP contribution in [0.1, 0.15) is 39.2 Å². The van der Waals surface area contributed by atoms with E-state index < -0.39 is 16.1 Å². The number of carbonyl (C=O) groups excluding carboxylic acids is 2. The molecule has 1 N–H and O–H groups in total. The van der Waals surface area contributed by atoms with Crippen molar-refractivity contribution in [1.82, 2.24) is 10.2 Å². The smallest absolute Gasteiger partial charge is 0.242 e. The summed E-state index contributed by atoms with van der Waals surface area (Å²) in [6.07, 6.45) is 1.36. The van der Waals surface area contributed by atoms with Crippen LogP contribution in [-0.4, -0.2) is 56.8 Å². The summed E-state index contributed by atoms with van der Waals surface area (Å²) in [6, 6.07) is 9.05. The van der Waals surface area contributed by atoms with Crippen molar-refractivity contribution in [2.75, 3.05) is 23.9 Å². The van der Waals surface area contributed by atoms with E-state index in [9.17, 15) is 18.0 Å². The van der Waals surface area contributed by atoms with Gasteiger partial charge >= 0.3 is 0 Å². The number of benzene rings is 2. The van der Waals surface area contributed by atoms with Gasteiger partial charge in [-0.15, -0.1) is 0 Å². The third-order valence-corrected chi connectivity index (χ3v) is 7.66. The number of nitrogens with one attached hydrogen (secondary N) is 1. The van der Waals surface area contributed by atoms with E-state index in [1.165, 1.54) is 9.21 Å². The summed E-state index contributed by atoms with van der Waals surface area (Å²) < 4.78 is 36.9. The molecule has 0 fully saturated rings. The number of nitrogens with zero attached hydrogens (tertiary/aromatic N) is 2. The van der Waals surface area contributed by atoms with Gasteiger partial charge in [-0.3, -0.25) is 13.9 Å². The quantitative estimate of drug-likeness (QED) is 0.433. The molecule has 1 aliphatic heterocycles. The van der Waals surface area contributed by atoms with E-state index in [1.807, 2.05) is 13.8 Å². The molecular formula is C25H31Cl2N3O6S. The second kappa shape index (κ2) is 12.2. The molecule has 12 heteroatoms. The van der Waals surface area contributed by atoms with Crippen LogP contribution in [0, 0.1) is 0 Å². The molecule has 37 heavy (non-hydrogen) atoms. The number of hydrogen-bond acceptors (Lipinski definition) is 6. The summed E-state index contributed by atoms with van der Waals surface area (Å²) in [5.41, 5.74) is 1.13. The summed E-state index contributed by atoms with van der Waals surface area (Å²) in [4.78, 5) is 27.5. The van der Waals surface area contributed by atoms with E-state index in [0.717, 1.165) is 6.26 Å². The molecule has 202 valence electrons. The van der Waals surface area contributed by atoms with Gasteiger partial charge in [-0.05, 0) is 57.0 Å². The zero-order valence-electron chi connectivity index (χ0n) is 21.2. The Morgan fingerprint density at radius 2 is 1.73 bits per heavy atom. The van der Waals surface area contributed by atoms with Crippen molar-refractivity contribution in [2.24, 2.45) is 0 Å². The van der Waals surface area contributed by atoms with Crippen LogP contribution < -0.4 is 19.1 Å². The molecule has 9 nitrogen and oxygen atoms in total. The van der Waals surface area contributed by atoms with Gasteiger partial charge in [-0.2, -0.15) is 0 Å². The number of hydrogen-bond donors (Lipinski definition) is 1. The Balaban J connectivity index is 1.75. The Morgan fingerprint density at radius 1 is 1.03 bits per heavy atom. The van der Waals surface area contributed by atoms with Gasteiger partial charge in [0.2, 0.25) is 28.6 Å². The fourth-order valence-electron chi connectivity index (χ4n) is 3.87. The van der Waals surface area contributed by atoms with E-state index >= 15 is 0 Å². The lowest BCUT2D eigenvalue weighted by Crippen LogP contribution is -2.49. The molecule has 0 aromatic heterocycles. The van der Waals surface area contributed by atoms with Crippen LogP contribution in [0.4, 0.5) is 5.69 Å². The van der Waals surface area contributed by atoms with Gasteiger partial charge in [0.25, 0.3) is 0 Å². The molecular weight excluding hydrogens is 541 g/mol. The zero-order chi connectivity index (χ0) is 27.3. The third kappa shape index (κ3) is 7.66. The van der Waals surface area contributed by atoms with Crippen molar-refractivity contribution in [3.63, 3.8) is 0 Å². The van der Waals surface area contributed by atoms with Crippen molar-refractivity contribution >= 4 is 50.7 Å². The maximum atomic E-state index is 13.3. The first-order valence-corrected chi connectivity index (χ1v) is 14.4. The Bertz CT molecular complexity index is 1250. The number of carbonyl (C=O) groups is 2. The topological polar surface area (TPSA) is 105 Å². The van der Waals surface area contributed by atoms with Crippen LogP contribution in [-0.2, 0) is 26.2 Å². The van der Waals surface area contributed by atoms with Gasteiger partial charge in [0.05, 0.1) is 22.0 Å². The van der Waals surface area contributed by atoms with E-state index in [0.29, 0.717) is 32.8 Å². The minimum atomic E-state index is -3.63. The lowest BCUT2D eigenvalue weighted by atomic mass is 10.1. The molecule has 2 aromatic rings. The first kappa shape index (κ1) is 28.9. The van der Waals surface area contributed by atoms with Crippen molar-refractivity contribution in [3.8, 4) is 11.5 Å². The van der Waals surface area contributed by atoms with Crippen LogP contribution in [0.2, 0.25) is 10.0 Å². The first-order chi connectivity index (χ1) is 17.4. The van der Waals surface area contributed by atoms with E-state index in [2.05, 4.69) is 5.32 Å². The van der Waals surface area contributed by atoms with Crippen molar-refractivity contribution in [3.05, 3.63) is 52.0 Å². The highest BCUT2D eigenvalue weighted by Crippen LogP contribution is 2.36. The standard InChI is InChI=1S/C25H31Cl2N3O6S/c1-16(2)28-25(32)17(3)29(14-18-7-9-20(26)21(27)12-18)24(31)6-5-11-30(37(4,33)34)19-8-10-22-23(13-19)36-15-35-22/h7-10,12-13,16-17H,5-6,11,14-15H2,1-4H3,(H,28,32)/t17-/m0/s1. The average Bonchev–Trinajstić information content (AvgIpc) is 3.28. The normalized spacial score (nSPS) is 13.4. The van der Waals surface area contributed by atoms with Gasteiger partial charge < -0.3 is 19.7 Å². The fourth-order valence-corrected chi connectivity index (χ4v) is 5.14. The average molecular weight is 573 g/mol. The second-order valence-electron chi connectivity index (χ2n) is 9.09. The summed E-state index contributed by atoms with van der Waals surface area (Å²) in [6.45, 7) is 5.61. The Kier molecular flexibility index (Phi) is 9.55. The van der Waals surface area contributed by atoms with Gasteiger partial charge in [0.15, 0.2) is 11.5 Å². The SMILES string of the molecule is CC(C)NC(=O)[C@H](C)N(Cc1ccc(Cl)c(Cl)c1)C(=O)CCCN(c1ccc2c(c1)OCO2)S(C)(=O)=O. The molecule has 1 heterocycles. The van der Waals surface area contributed by atoms with Gasteiger partial charge in [0, 0.05) is 31.6 Å². The molecule has 0 unspecified atom stereocenters. The minimum Gasteiger partial charge on any atom is -0.454 e. The van der Waals surface area contributed by atoms with E-state index in [4.69, 9.17) is 32.7 Å². The molecule has 0 saturated carbocycles. The number of fused-ring (bicyclic) bond motifs is 1. The molecule has 0 radical (unpaired) electrons. The zero-order valence-corrected chi connectivity index (χ0v) is 23.5. The predicted molar refractivity (Wildman–Crippen MR) is 144 cm³/mol. The highest BCUT2D eigenvalue weighted by molar-refractivity contribution is 7.92. The van der Waals surface area contributed by atoms with Gasteiger partial charge in [-0.1, -0.05) is 29.3 Å². The maximum absolute atomic E-state index is 13.3. The van der Waals surface area contributed by atoms with Crippen LogP contribution in [0.25, 0.3) is 0 Å². The third-order valence-electron chi connectivity index (χ3n) is 5.73. The molecule has 0 spiro atoms. The first-order valence-electron chi connectivity index (χ1n) is 11.8. The predicted octanol–water partition coefficient (Wildman–Crippen LogP) is 4.21. The lowest BCUT2D eigenvalue weighted by Gasteiger charge is -2.30. The minimum absolute atomic E-state index is 0.0250. The maximum Gasteiger partial charge on any atom is 0.242 e. The number of ether oxygens (including phenoxy) is 2. The highest BCUT2D eigenvalue weighted by atomic mass is 35.5. The Morgan fingerprint density at radius 3 is 2.38 bits per heavy atom. The largest absolute Gasteiger partial charge is 0.454 e. The summed E-state index contributed by atoms with van der Waals surface area (Å²) in [5, 5.41) is 3.56. The van der Waals surface area contributed by atoms with Crippen LogP contribution in [0.5, 0.6) is 11.5 Å². The molecule has 2 aromatic carbocycles. The molecule has 2 amide bonds. The van der Waals surface area contributed by atoms with Crippen LogP contribution in [0.3, 0.4) is 0 Å². The van der Waals surface area contributed by atoms with E-state index in [-0.39, 0.29) is 50.6 Å². The van der Waals surface area contributed by atoms with Crippen molar-refractivity contribution in [1.29, 1.82) is 0 Å². The van der Waals surface area contributed by atoms with Crippen LogP contribution >= 0.6 is 23.2 Å². The summed E-state index contributed by atoms with van der Waals surface area (Å²) in [5.74, 6) is 0.414. The Labute approximate surface area is 227 Å². The number of halogens is 2. The second-order valence-corrected chi connectivity index (χ2v) is 11.8. The molecule has 1 aliphatic rings. The van der Waals surface area contributed by atoms with E-state index in [1.54, 1.807) is 43.3 Å². The fraction of sp³-hybridized carbons (Fsp3) is 0.440. The molecule has 0 saturated heterocycles. The number of amides is 2. The molecule has 1 atom stereocenters. The van der Waals surface area contributed by atoms with Gasteiger partial charge in [0.1, 0.15) is 6.04 Å². The highest BCUT2D eigenvalue weighted by Gasteiger charge is 2.27. The molecule has 3 rings (SSSR count). The van der Waals surface area contributed by atoms with Crippen molar-refractivity contribution < 1.29 is 27.5 Å². The summed E-state index contributed by atoms with van der Waals surface area (Å²) >= 11 is 12.2. The number of anilines is 1. The molecule has 0 bridgehead atoms. The van der Waals surface area contributed by atoms with Crippen molar-refractivity contribution in [2.45, 2.75) is 52.2 Å². The summed E-state index contributed by atoms with van der Waals surface area (Å²) in [7, 11) is -3.63. The lowest BCUT2D eigenvalue weighted by molar-refractivity contribution is -0.140. The van der Waals surface area contributed by atoms with Gasteiger partial charge in [-0.25, -0.2) is 8.42 Å². The Hall–Kier alpha value is -2.69. The number of sulfonamides is 1. The number of rotatable bonds is 11. The molecule has 0 aliphatic carbocycles. The van der Waals surface area contributed by atoms with Crippen LogP contribution in [0.15, 0.2) is 36.4 Å².